The third-order valence-electron chi connectivity index (χ3n) is 2.52. The van der Waals surface area contributed by atoms with Gasteiger partial charge in [-0.1, -0.05) is 41.0 Å². The van der Waals surface area contributed by atoms with E-state index in [0.29, 0.717) is 6.04 Å². The van der Waals surface area contributed by atoms with E-state index in [0.717, 1.165) is 18.4 Å². The van der Waals surface area contributed by atoms with Crippen molar-refractivity contribution in [1.82, 2.24) is 5.32 Å². The molecule has 74 valence electrons. The second kappa shape index (κ2) is 6.47. The Morgan fingerprint density at radius 1 is 1.08 bits per heavy atom. The molecular formula is C11H25N. The van der Waals surface area contributed by atoms with Crippen molar-refractivity contribution >= 4 is 0 Å². The molecule has 0 aromatic carbocycles. The molecule has 1 N–H and O–H groups in total. The maximum atomic E-state index is 3.57. The van der Waals surface area contributed by atoms with E-state index in [1.54, 1.807) is 0 Å². The summed E-state index contributed by atoms with van der Waals surface area (Å²) in [6.45, 7) is 12.5. The van der Waals surface area contributed by atoms with E-state index in [4.69, 9.17) is 0 Å². The van der Waals surface area contributed by atoms with E-state index in [1.165, 1.54) is 12.8 Å². The molecule has 0 saturated heterocycles. The van der Waals surface area contributed by atoms with Gasteiger partial charge in [0.15, 0.2) is 0 Å². The van der Waals surface area contributed by atoms with E-state index >= 15 is 0 Å². The van der Waals surface area contributed by atoms with Crippen LogP contribution in [0.1, 0.15) is 47.5 Å². The Morgan fingerprint density at radius 3 is 2.00 bits per heavy atom. The van der Waals surface area contributed by atoms with Gasteiger partial charge in [0, 0.05) is 6.04 Å². The van der Waals surface area contributed by atoms with Gasteiger partial charge < -0.3 is 5.32 Å². The second-order valence-corrected chi connectivity index (χ2v) is 4.09. The minimum atomic E-state index is 0.704. The molecule has 0 aromatic heterocycles. The molecule has 12 heavy (non-hydrogen) atoms. The molecule has 0 amide bonds. The van der Waals surface area contributed by atoms with E-state index < -0.39 is 0 Å². The highest BCUT2D eigenvalue weighted by molar-refractivity contribution is 4.75. The predicted octanol–water partition coefficient (Wildman–Crippen LogP) is 3.06. The van der Waals surface area contributed by atoms with Crippen molar-refractivity contribution in [2.75, 3.05) is 6.54 Å². The molecule has 0 aliphatic carbocycles. The van der Waals surface area contributed by atoms with Crippen molar-refractivity contribution in [2.45, 2.75) is 53.5 Å². The Kier molecular flexibility index (Phi) is 6.45. The molecule has 2 atom stereocenters. The standard InChI is InChI=1S/C11H25N/c1-6-8-10(5)11(9(3)4)12-7-2/h9-12H,6-8H2,1-5H3. The molecule has 0 fully saturated rings. The van der Waals surface area contributed by atoms with Crippen molar-refractivity contribution in [2.24, 2.45) is 11.8 Å². The molecule has 0 aromatic rings. The molecule has 1 heteroatoms. The zero-order chi connectivity index (χ0) is 9.56. The fourth-order valence-electron chi connectivity index (χ4n) is 1.96. The minimum Gasteiger partial charge on any atom is -0.314 e. The fraction of sp³-hybridized carbons (Fsp3) is 1.00. The van der Waals surface area contributed by atoms with Crippen molar-refractivity contribution in [3.8, 4) is 0 Å². The maximum absolute atomic E-state index is 3.57. The first-order valence-corrected chi connectivity index (χ1v) is 5.36. The molecule has 0 aliphatic rings. The maximum Gasteiger partial charge on any atom is 0.0116 e. The zero-order valence-electron chi connectivity index (χ0n) is 9.35. The van der Waals surface area contributed by atoms with Gasteiger partial charge in [0.1, 0.15) is 0 Å². The summed E-state index contributed by atoms with van der Waals surface area (Å²) < 4.78 is 0. The third-order valence-corrected chi connectivity index (χ3v) is 2.52. The minimum absolute atomic E-state index is 0.704. The smallest absolute Gasteiger partial charge is 0.0116 e. The number of rotatable bonds is 6. The molecule has 0 heterocycles. The van der Waals surface area contributed by atoms with E-state index in [9.17, 15) is 0 Å². The van der Waals surface area contributed by atoms with Crippen molar-refractivity contribution < 1.29 is 0 Å². The van der Waals surface area contributed by atoms with Crippen LogP contribution in [0, 0.1) is 11.8 Å². The largest absolute Gasteiger partial charge is 0.314 e. The van der Waals surface area contributed by atoms with Crippen LogP contribution in [0.25, 0.3) is 0 Å². The van der Waals surface area contributed by atoms with Crippen molar-refractivity contribution in [1.29, 1.82) is 0 Å². The fourth-order valence-corrected chi connectivity index (χ4v) is 1.96. The number of nitrogens with one attached hydrogen (secondary N) is 1. The van der Waals surface area contributed by atoms with Gasteiger partial charge in [-0.2, -0.15) is 0 Å². The lowest BCUT2D eigenvalue weighted by Gasteiger charge is -2.28. The Morgan fingerprint density at radius 2 is 1.67 bits per heavy atom. The zero-order valence-corrected chi connectivity index (χ0v) is 9.35. The molecule has 0 bridgehead atoms. The van der Waals surface area contributed by atoms with Gasteiger partial charge in [-0.3, -0.25) is 0 Å². The number of hydrogen-bond acceptors (Lipinski definition) is 1. The summed E-state index contributed by atoms with van der Waals surface area (Å²) in [5.74, 6) is 1.57. The molecule has 0 aliphatic heterocycles. The topological polar surface area (TPSA) is 12.0 Å². The van der Waals surface area contributed by atoms with Crippen LogP contribution < -0.4 is 5.32 Å². The van der Waals surface area contributed by atoms with Crippen LogP contribution in [0.4, 0.5) is 0 Å². The summed E-state index contributed by atoms with van der Waals surface area (Å²) in [7, 11) is 0. The lowest BCUT2D eigenvalue weighted by Crippen LogP contribution is -2.39. The van der Waals surface area contributed by atoms with Gasteiger partial charge in [-0.15, -0.1) is 0 Å². The third kappa shape index (κ3) is 4.10. The quantitative estimate of drug-likeness (QED) is 0.647. The summed E-state index contributed by atoms with van der Waals surface area (Å²) in [4.78, 5) is 0. The highest BCUT2D eigenvalue weighted by Gasteiger charge is 2.18. The summed E-state index contributed by atoms with van der Waals surface area (Å²) in [5, 5.41) is 3.57. The van der Waals surface area contributed by atoms with E-state index in [-0.39, 0.29) is 0 Å². The molecule has 0 rings (SSSR count). The Balaban J connectivity index is 3.90. The van der Waals surface area contributed by atoms with Gasteiger partial charge in [-0.05, 0) is 24.8 Å². The van der Waals surface area contributed by atoms with Crippen molar-refractivity contribution in [3.05, 3.63) is 0 Å². The van der Waals surface area contributed by atoms with Crippen LogP contribution in [0.3, 0.4) is 0 Å². The summed E-state index contributed by atoms with van der Waals surface area (Å²) in [6.07, 6.45) is 2.64. The average molecular weight is 171 g/mol. The van der Waals surface area contributed by atoms with Gasteiger partial charge in [-0.25, -0.2) is 0 Å². The average Bonchev–Trinajstić information content (AvgIpc) is 1.99. The Labute approximate surface area is 77.9 Å². The monoisotopic (exact) mass is 171 g/mol. The second-order valence-electron chi connectivity index (χ2n) is 4.09. The van der Waals surface area contributed by atoms with Crippen LogP contribution in [-0.2, 0) is 0 Å². The van der Waals surface area contributed by atoms with E-state index in [2.05, 4.69) is 39.9 Å². The molecule has 0 saturated carbocycles. The molecule has 1 nitrogen and oxygen atoms in total. The summed E-state index contributed by atoms with van der Waals surface area (Å²) in [6, 6.07) is 0.704. The first-order valence-electron chi connectivity index (χ1n) is 5.36. The summed E-state index contributed by atoms with van der Waals surface area (Å²) in [5.41, 5.74) is 0. The first kappa shape index (κ1) is 12.0. The number of hydrogen-bond donors (Lipinski definition) is 1. The lowest BCUT2D eigenvalue weighted by atomic mass is 9.89. The van der Waals surface area contributed by atoms with Crippen LogP contribution in [-0.4, -0.2) is 12.6 Å². The first-order chi connectivity index (χ1) is 5.63. The van der Waals surface area contributed by atoms with Crippen LogP contribution in [0.15, 0.2) is 0 Å². The highest BCUT2D eigenvalue weighted by Crippen LogP contribution is 2.17. The van der Waals surface area contributed by atoms with Crippen LogP contribution in [0.2, 0.25) is 0 Å². The van der Waals surface area contributed by atoms with Gasteiger partial charge in [0.25, 0.3) is 0 Å². The summed E-state index contributed by atoms with van der Waals surface area (Å²) >= 11 is 0. The van der Waals surface area contributed by atoms with Crippen molar-refractivity contribution in [3.63, 3.8) is 0 Å². The van der Waals surface area contributed by atoms with E-state index in [1.807, 2.05) is 0 Å². The molecular weight excluding hydrogens is 146 g/mol. The molecule has 0 radical (unpaired) electrons. The van der Waals surface area contributed by atoms with Crippen LogP contribution >= 0.6 is 0 Å². The lowest BCUT2D eigenvalue weighted by molar-refractivity contribution is 0.289. The Hall–Kier alpha value is -0.0400. The SMILES string of the molecule is CCCC(C)C(NCC)C(C)C. The van der Waals surface area contributed by atoms with Crippen LogP contribution in [0.5, 0.6) is 0 Å². The Bertz CT molecular complexity index is 99.2. The molecule has 2 unspecified atom stereocenters. The van der Waals surface area contributed by atoms with Gasteiger partial charge in [0.05, 0.1) is 0 Å². The highest BCUT2D eigenvalue weighted by atomic mass is 14.9. The van der Waals surface area contributed by atoms with Gasteiger partial charge >= 0.3 is 0 Å². The van der Waals surface area contributed by atoms with Gasteiger partial charge in [0.2, 0.25) is 0 Å². The normalized spacial score (nSPS) is 16.5. The predicted molar refractivity (Wildman–Crippen MR) is 56.4 cm³/mol. The molecule has 0 spiro atoms.